The fourth-order valence-electron chi connectivity index (χ4n) is 4.49. The molecule has 1 aromatic rings. The second-order valence-electron chi connectivity index (χ2n) is 7.08. The fraction of sp³-hybridized carbons (Fsp3) is 0.765. The summed E-state index contributed by atoms with van der Waals surface area (Å²) in [6, 6.07) is 1.84. The molecule has 0 saturated carbocycles. The van der Waals surface area contributed by atoms with Gasteiger partial charge in [0, 0.05) is 63.0 Å². The van der Waals surface area contributed by atoms with E-state index in [1.807, 2.05) is 4.90 Å². The number of amides is 1. The Balaban J connectivity index is 1.50. The number of nitrogens with zero attached hydrogens (tertiary/aromatic N) is 2. The van der Waals surface area contributed by atoms with E-state index in [0.29, 0.717) is 52.2 Å². The molecule has 3 fully saturated rings. The molecule has 132 valence electrons. The maximum atomic E-state index is 12.8. The van der Waals surface area contributed by atoms with Gasteiger partial charge in [-0.05, 0) is 6.42 Å². The van der Waals surface area contributed by atoms with Crippen LogP contribution in [0, 0.1) is 11.8 Å². The first-order valence-corrected chi connectivity index (χ1v) is 8.75. The third-order valence-corrected chi connectivity index (χ3v) is 5.85. The molecule has 4 rings (SSSR count). The summed E-state index contributed by atoms with van der Waals surface area (Å²) in [5.41, 5.74) is -0.773. The smallest absolute Gasteiger partial charge is 0.223 e. The van der Waals surface area contributed by atoms with Crippen molar-refractivity contribution in [2.24, 2.45) is 11.8 Å². The summed E-state index contributed by atoms with van der Waals surface area (Å²) in [5.74, 6) is 0.767. The van der Waals surface area contributed by atoms with Crippen molar-refractivity contribution in [2.45, 2.75) is 37.3 Å². The average molecular weight is 336 g/mol. The lowest BCUT2D eigenvalue weighted by Gasteiger charge is -2.57. The van der Waals surface area contributed by atoms with Crippen molar-refractivity contribution in [1.29, 1.82) is 0 Å². The number of rotatable bonds is 3. The average Bonchev–Trinajstić information content (AvgIpc) is 3.13. The Bertz CT molecular complexity index is 578. The molecule has 0 aromatic carbocycles. The predicted molar refractivity (Wildman–Crippen MR) is 83.1 cm³/mol. The Morgan fingerprint density at radius 2 is 2.25 bits per heavy atom. The predicted octanol–water partition coefficient (Wildman–Crippen LogP) is 0.622. The lowest BCUT2D eigenvalue weighted by molar-refractivity contribution is -0.219. The van der Waals surface area contributed by atoms with Crippen molar-refractivity contribution in [3.05, 3.63) is 18.0 Å². The van der Waals surface area contributed by atoms with Gasteiger partial charge in [-0.2, -0.15) is 0 Å². The van der Waals surface area contributed by atoms with Gasteiger partial charge in [-0.25, -0.2) is 0 Å². The molecule has 0 bridgehead atoms. The highest BCUT2D eigenvalue weighted by Crippen LogP contribution is 2.44. The number of piperidine rings is 1. The van der Waals surface area contributed by atoms with Crippen LogP contribution in [-0.2, 0) is 20.7 Å². The zero-order chi connectivity index (χ0) is 16.6. The van der Waals surface area contributed by atoms with Crippen LogP contribution >= 0.6 is 0 Å². The minimum Gasteiger partial charge on any atom is -0.389 e. The molecule has 1 aromatic heterocycles. The van der Waals surface area contributed by atoms with E-state index in [4.69, 9.17) is 14.0 Å². The SMILES string of the molecule is O=C(CCc1ccno1)N1C[C@H]2COCC[C@@]2(O)[C@@H]2COCC[C@@H]21. The van der Waals surface area contributed by atoms with Crippen LogP contribution in [0.1, 0.15) is 25.0 Å². The van der Waals surface area contributed by atoms with Crippen LogP contribution in [-0.4, -0.2) is 65.7 Å². The summed E-state index contributed by atoms with van der Waals surface area (Å²) in [7, 11) is 0. The summed E-state index contributed by atoms with van der Waals surface area (Å²) < 4.78 is 16.3. The number of carbonyl (C=O) groups excluding carboxylic acids is 1. The van der Waals surface area contributed by atoms with E-state index >= 15 is 0 Å². The minimum absolute atomic E-state index is 0.0249. The van der Waals surface area contributed by atoms with Gasteiger partial charge < -0.3 is 24.0 Å². The molecule has 0 radical (unpaired) electrons. The molecule has 1 amide bonds. The monoisotopic (exact) mass is 336 g/mol. The maximum absolute atomic E-state index is 12.8. The van der Waals surface area contributed by atoms with E-state index in [9.17, 15) is 9.90 Å². The van der Waals surface area contributed by atoms with Gasteiger partial charge in [0.25, 0.3) is 0 Å². The van der Waals surface area contributed by atoms with Crippen molar-refractivity contribution in [3.8, 4) is 0 Å². The molecule has 3 saturated heterocycles. The number of likely N-dealkylation sites (tertiary alicyclic amines) is 1. The normalized spacial score (nSPS) is 36.0. The third kappa shape index (κ3) is 2.74. The van der Waals surface area contributed by atoms with Crippen LogP contribution in [0.2, 0.25) is 0 Å². The molecular formula is C17H24N2O5. The van der Waals surface area contributed by atoms with Gasteiger partial charge in [0.1, 0.15) is 5.76 Å². The first-order chi connectivity index (χ1) is 11.7. The molecule has 3 aliphatic heterocycles. The first-order valence-electron chi connectivity index (χ1n) is 8.75. The number of fused-ring (bicyclic) bond motifs is 3. The van der Waals surface area contributed by atoms with Crippen molar-refractivity contribution >= 4 is 5.91 Å². The van der Waals surface area contributed by atoms with Crippen LogP contribution in [0.3, 0.4) is 0 Å². The Morgan fingerprint density at radius 1 is 1.38 bits per heavy atom. The Labute approximate surface area is 140 Å². The lowest BCUT2D eigenvalue weighted by Crippen LogP contribution is -2.68. The molecule has 0 unspecified atom stereocenters. The Morgan fingerprint density at radius 3 is 3.08 bits per heavy atom. The van der Waals surface area contributed by atoms with Gasteiger partial charge in [-0.3, -0.25) is 4.79 Å². The van der Waals surface area contributed by atoms with Crippen LogP contribution in [0.4, 0.5) is 0 Å². The summed E-state index contributed by atoms with van der Waals surface area (Å²) in [4.78, 5) is 14.8. The number of hydrogen-bond donors (Lipinski definition) is 1. The maximum Gasteiger partial charge on any atom is 0.223 e. The van der Waals surface area contributed by atoms with E-state index in [2.05, 4.69) is 5.16 Å². The Kier molecular flexibility index (Phi) is 4.32. The van der Waals surface area contributed by atoms with Gasteiger partial charge in [0.05, 0.1) is 25.0 Å². The quantitative estimate of drug-likeness (QED) is 0.871. The largest absolute Gasteiger partial charge is 0.389 e. The fourth-order valence-corrected chi connectivity index (χ4v) is 4.49. The van der Waals surface area contributed by atoms with Crippen LogP contribution in [0.25, 0.3) is 0 Å². The van der Waals surface area contributed by atoms with Crippen LogP contribution < -0.4 is 0 Å². The summed E-state index contributed by atoms with van der Waals surface area (Å²) in [5, 5.41) is 14.9. The lowest BCUT2D eigenvalue weighted by atomic mass is 9.66. The molecule has 7 nitrogen and oxygen atoms in total. The Hall–Kier alpha value is -1.44. The number of hydrogen-bond acceptors (Lipinski definition) is 6. The number of aryl methyl sites for hydroxylation is 1. The van der Waals surface area contributed by atoms with Gasteiger partial charge in [0.15, 0.2) is 0 Å². The standard InChI is InChI=1S/C17H24N2O5/c20-16(2-1-13-3-6-18-24-13)19-9-12-10-23-8-5-17(12,21)14-11-22-7-4-15(14)19/h3,6,12,14-15,21H,1-2,4-5,7-11H2/t12-,14+,15-,17-/m0/s1. The molecule has 1 N–H and O–H groups in total. The van der Waals surface area contributed by atoms with E-state index in [1.54, 1.807) is 12.3 Å². The highest BCUT2D eigenvalue weighted by atomic mass is 16.5. The minimum atomic E-state index is -0.773. The third-order valence-electron chi connectivity index (χ3n) is 5.85. The van der Waals surface area contributed by atoms with Crippen molar-refractivity contribution in [2.75, 3.05) is 33.0 Å². The second kappa shape index (κ2) is 6.46. The number of ether oxygens (including phenoxy) is 2. The zero-order valence-electron chi connectivity index (χ0n) is 13.7. The van der Waals surface area contributed by atoms with E-state index in [-0.39, 0.29) is 23.8 Å². The first kappa shape index (κ1) is 16.1. The summed E-state index contributed by atoms with van der Waals surface area (Å²) in [6.45, 7) is 2.81. The van der Waals surface area contributed by atoms with Crippen molar-refractivity contribution in [1.82, 2.24) is 10.1 Å². The van der Waals surface area contributed by atoms with Gasteiger partial charge in [-0.15, -0.1) is 0 Å². The molecule has 0 spiro atoms. The number of aliphatic hydroxyl groups is 1. The molecule has 4 atom stereocenters. The molecule has 7 heteroatoms. The highest BCUT2D eigenvalue weighted by molar-refractivity contribution is 5.77. The van der Waals surface area contributed by atoms with Crippen LogP contribution in [0.15, 0.2) is 16.8 Å². The van der Waals surface area contributed by atoms with E-state index in [1.165, 1.54) is 0 Å². The van der Waals surface area contributed by atoms with E-state index < -0.39 is 5.60 Å². The molecular weight excluding hydrogens is 312 g/mol. The number of aromatic nitrogens is 1. The molecule has 24 heavy (non-hydrogen) atoms. The summed E-state index contributed by atoms with van der Waals surface area (Å²) >= 11 is 0. The molecule has 4 heterocycles. The number of carbonyl (C=O) groups is 1. The van der Waals surface area contributed by atoms with Gasteiger partial charge in [0.2, 0.25) is 5.91 Å². The summed E-state index contributed by atoms with van der Waals surface area (Å²) in [6.07, 6.45) is 3.95. The topological polar surface area (TPSA) is 85.0 Å². The van der Waals surface area contributed by atoms with Gasteiger partial charge in [-0.1, -0.05) is 5.16 Å². The van der Waals surface area contributed by atoms with Gasteiger partial charge >= 0.3 is 0 Å². The second-order valence-corrected chi connectivity index (χ2v) is 7.08. The molecule has 3 aliphatic rings. The van der Waals surface area contributed by atoms with Crippen molar-refractivity contribution < 1.29 is 23.9 Å². The van der Waals surface area contributed by atoms with Crippen molar-refractivity contribution in [3.63, 3.8) is 0 Å². The van der Waals surface area contributed by atoms with Crippen LogP contribution in [0.5, 0.6) is 0 Å². The van der Waals surface area contributed by atoms with E-state index in [0.717, 1.165) is 12.2 Å². The highest BCUT2D eigenvalue weighted by Gasteiger charge is 2.56. The molecule has 0 aliphatic carbocycles. The zero-order valence-corrected chi connectivity index (χ0v) is 13.7.